The molecule has 0 unspecified atom stereocenters. The highest BCUT2D eigenvalue weighted by Gasteiger charge is 2.13. The van der Waals surface area contributed by atoms with E-state index in [0.717, 1.165) is 27.0 Å². The lowest BCUT2D eigenvalue weighted by atomic mass is 10.1. The number of halogens is 1. The van der Waals surface area contributed by atoms with Crippen LogP contribution in [0.2, 0.25) is 0 Å². The predicted octanol–water partition coefficient (Wildman–Crippen LogP) is 3.90. The molecule has 5 nitrogen and oxygen atoms in total. The number of nitrogens with zero attached hydrogens (tertiary/aromatic N) is 3. The molecule has 1 aromatic heterocycles. The van der Waals surface area contributed by atoms with Crippen LogP contribution in [0.3, 0.4) is 0 Å². The Hall–Kier alpha value is -2.47. The molecule has 3 aromatic rings. The molecule has 1 N–H and O–H groups in total. The zero-order chi connectivity index (χ0) is 16.4. The summed E-state index contributed by atoms with van der Waals surface area (Å²) in [4.78, 5) is 12.5. The number of rotatable bonds is 3. The number of amides is 1. The number of carbonyl (C=O) groups is 1. The third-order valence-corrected chi connectivity index (χ3v) is 4.28. The average Bonchev–Trinajstić information content (AvgIpc) is 3.05. The van der Waals surface area contributed by atoms with Crippen molar-refractivity contribution < 1.29 is 4.79 Å². The lowest BCUT2D eigenvalue weighted by Crippen LogP contribution is -2.14. The highest BCUT2D eigenvalue weighted by atomic mass is 79.9. The van der Waals surface area contributed by atoms with Gasteiger partial charge in [-0.15, -0.1) is 10.2 Å². The monoisotopic (exact) mass is 370 g/mol. The minimum Gasteiger partial charge on any atom is -0.321 e. The van der Waals surface area contributed by atoms with Gasteiger partial charge in [0.1, 0.15) is 12.7 Å². The molecule has 23 heavy (non-hydrogen) atoms. The van der Waals surface area contributed by atoms with Crippen molar-refractivity contribution in [2.75, 3.05) is 5.32 Å². The second-order valence-corrected chi connectivity index (χ2v) is 6.11. The van der Waals surface area contributed by atoms with Crippen LogP contribution in [-0.2, 0) is 0 Å². The van der Waals surface area contributed by atoms with Gasteiger partial charge >= 0.3 is 0 Å². The fourth-order valence-corrected chi connectivity index (χ4v) is 2.91. The van der Waals surface area contributed by atoms with Crippen molar-refractivity contribution in [2.45, 2.75) is 13.8 Å². The van der Waals surface area contributed by atoms with E-state index in [1.807, 2.05) is 48.7 Å². The Balaban J connectivity index is 1.92. The maximum absolute atomic E-state index is 12.5. The summed E-state index contributed by atoms with van der Waals surface area (Å²) < 4.78 is 2.60. The summed E-state index contributed by atoms with van der Waals surface area (Å²) in [6, 6.07) is 11.3. The molecular formula is C17H15BrN4O. The molecule has 0 aliphatic heterocycles. The van der Waals surface area contributed by atoms with Crippen molar-refractivity contribution in [1.29, 1.82) is 0 Å². The van der Waals surface area contributed by atoms with E-state index in [4.69, 9.17) is 0 Å². The van der Waals surface area contributed by atoms with Crippen LogP contribution in [0.5, 0.6) is 0 Å². The molecule has 2 aromatic carbocycles. The van der Waals surface area contributed by atoms with E-state index >= 15 is 0 Å². The van der Waals surface area contributed by atoms with E-state index in [1.165, 1.54) is 0 Å². The Kier molecular flexibility index (Phi) is 4.25. The number of carbonyl (C=O) groups excluding carboxylic acids is 1. The minimum atomic E-state index is -0.138. The van der Waals surface area contributed by atoms with E-state index in [1.54, 1.807) is 18.7 Å². The van der Waals surface area contributed by atoms with Gasteiger partial charge in [-0.3, -0.25) is 9.36 Å². The Morgan fingerprint density at radius 1 is 1.09 bits per heavy atom. The van der Waals surface area contributed by atoms with Gasteiger partial charge in [-0.05, 0) is 65.2 Å². The summed E-state index contributed by atoms with van der Waals surface area (Å²) in [5, 5.41) is 10.6. The first-order valence-electron chi connectivity index (χ1n) is 7.08. The number of hydrogen-bond acceptors (Lipinski definition) is 3. The number of benzene rings is 2. The third kappa shape index (κ3) is 3.17. The summed E-state index contributed by atoms with van der Waals surface area (Å²) in [6.07, 6.45) is 3.29. The summed E-state index contributed by atoms with van der Waals surface area (Å²) in [5.74, 6) is -0.138. The van der Waals surface area contributed by atoms with Gasteiger partial charge in [-0.2, -0.15) is 0 Å². The first kappa shape index (κ1) is 15.4. The van der Waals surface area contributed by atoms with E-state index in [-0.39, 0.29) is 5.91 Å². The van der Waals surface area contributed by atoms with Gasteiger partial charge < -0.3 is 5.32 Å². The first-order chi connectivity index (χ1) is 11.1. The van der Waals surface area contributed by atoms with E-state index in [2.05, 4.69) is 31.4 Å². The lowest BCUT2D eigenvalue weighted by Gasteiger charge is -2.14. The van der Waals surface area contributed by atoms with Gasteiger partial charge in [0.15, 0.2) is 0 Å². The standard InChI is InChI=1S/C17H15BrN4O/c1-11-7-13(22-9-19-20-10-22)8-12(2)16(11)21-17(23)14-5-3-4-6-15(14)18/h3-10H,1-2H3,(H,21,23). The van der Waals surface area contributed by atoms with Crippen molar-refractivity contribution in [3.8, 4) is 5.69 Å². The fourth-order valence-electron chi connectivity index (χ4n) is 2.45. The van der Waals surface area contributed by atoms with E-state index < -0.39 is 0 Å². The maximum atomic E-state index is 12.5. The van der Waals surface area contributed by atoms with Crippen LogP contribution in [0.4, 0.5) is 5.69 Å². The molecule has 116 valence electrons. The molecule has 1 amide bonds. The van der Waals surface area contributed by atoms with Crippen LogP contribution in [-0.4, -0.2) is 20.7 Å². The molecule has 6 heteroatoms. The highest BCUT2D eigenvalue weighted by molar-refractivity contribution is 9.10. The maximum Gasteiger partial charge on any atom is 0.256 e. The molecule has 1 heterocycles. The number of hydrogen-bond donors (Lipinski definition) is 1. The van der Waals surface area contributed by atoms with Gasteiger partial charge in [0.2, 0.25) is 0 Å². The zero-order valence-electron chi connectivity index (χ0n) is 12.7. The topological polar surface area (TPSA) is 59.8 Å². The van der Waals surface area contributed by atoms with Gasteiger partial charge in [0.25, 0.3) is 5.91 Å². The van der Waals surface area contributed by atoms with Gasteiger partial charge in [-0.25, -0.2) is 0 Å². The molecule has 0 aliphatic carbocycles. The second-order valence-electron chi connectivity index (χ2n) is 5.26. The Morgan fingerprint density at radius 2 is 1.70 bits per heavy atom. The Bertz CT molecular complexity index is 836. The molecule has 0 saturated carbocycles. The summed E-state index contributed by atoms with van der Waals surface area (Å²) in [7, 11) is 0. The quantitative estimate of drug-likeness (QED) is 0.760. The molecule has 0 spiro atoms. The summed E-state index contributed by atoms with van der Waals surface area (Å²) in [6.45, 7) is 3.94. The van der Waals surface area contributed by atoms with Gasteiger partial charge in [-0.1, -0.05) is 12.1 Å². The number of anilines is 1. The van der Waals surface area contributed by atoms with Crippen molar-refractivity contribution in [3.63, 3.8) is 0 Å². The van der Waals surface area contributed by atoms with Crippen LogP contribution >= 0.6 is 15.9 Å². The zero-order valence-corrected chi connectivity index (χ0v) is 14.3. The average molecular weight is 371 g/mol. The van der Waals surface area contributed by atoms with Crippen molar-refractivity contribution >= 4 is 27.5 Å². The summed E-state index contributed by atoms with van der Waals surface area (Å²) >= 11 is 3.41. The molecule has 0 atom stereocenters. The van der Waals surface area contributed by atoms with Crippen LogP contribution in [0, 0.1) is 13.8 Å². The van der Waals surface area contributed by atoms with E-state index in [0.29, 0.717) is 5.56 Å². The van der Waals surface area contributed by atoms with E-state index in [9.17, 15) is 4.79 Å². The van der Waals surface area contributed by atoms with Gasteiger partial charge in [0, 0.05) is 15.8 Å². The summed E-state index contributed by atoms with van der Waals surface area (Å²) in [5.41, 5.74) is 4.35. The van der Waals surface area contributed by atoms with Crippen LogP contribution in [0.1, 0.15) is 21.5 Å². The molecule has 0 bridgehead atoms. The molecule has 0 radical (unpaired) electrons. The Morgan fingerprint density at radius 3 is 2.30 bits per heavy atom. The smallest absolute Gasteiger partial charge is 0.256 e. The third-order valence-electron chi connectivity index (χ3n) is 3.59. The van der Waals surface area contributed by atoms with Crippen molar-refractivity contribution in [3.05, 3.63) is 70.2 Å². The highest BCUT2D eigenvalue weighted by Crippen LogP contribution is 2.25. The molecule has 3 rings (SSSR count). The second kappa shape index (κ2) is 6.34. The normalized spacial score (nSPS) is 10.6. The lowest BCUT2D eigenvalue weighted by molar-refractivity contribution is 0.102. The predicted molar refractivity (Wildman–Crippen MR) is 92.9 cm³/mol. The van der Waals surface area contributed by atoms with Crippen LogP contribution in [0.15, 0.2) is 53.5 Å². The minimum absolute atomic E-state index is 0.138. The van der Waals surface area contributed by atoms with Crippen molar-refractivity contribution in [1.82, 2.24) is 14.8 Å². The number of aromatic nitrogens is 3. The number of aryl methyl sites for hydroxylation is 2. The molecular weight excluding hydrogens is 356 g/mol. The van der Waals surface area contributed by atoms with Crippen LogP contribution in [0.25, 0.3) is 5.69 Å². The van der Waals surface area contributed by atoms with Crippen molar-refractivity contribution in [2.24, 2.45) is 0 Å². The molecule has 0 fully saturated rings. The number of nitrogens with one attached hydrogen (secondary N) is 1. The largest absolute Gasteiger partial charge is 0.321 e. The molecule has 0 saturated heterocycles. The SMILES string of the molecule is Cc1cc(-n2cnnc2)cc(C)c1NC(=O)c1ccccc1Br. The van der Waals surface area contributed by atoms with Gasteiger partial charge in [0.05, 0.1) is 5.56 Å². The fraction of sp³-hybridized carbons (Fsp3) is 0.118. The Labute approximate surface area is 142 Å². The molecule has 0 aliphatic rings. The van der Waals surface area contributed by atoms with Crippen LogP contribution < -0.4 is 5.32 Å². The first-order valence-corrected chi connectivity index (χ1v) is 7.87.